The third kappa shape index (κ3) is 3.90. The fourth-order valence-corrected chi connectivity index (χ4v) is 2.83. The molecule has 2 heterocycles. The van der Waals surface area contributed by atoms with Crippen molar-refractivity contribution in [3.63, 3.8) is 0 Å². The maximum absolute atomic E-state index is 10.2. The molecule has 1 aliphatic heterocycles. The molecule has 0 spiro atoms. The second kappa shape index (κ2) is 7.71. The lowest BCUT2D eigenvalue weighted by atomic mass is 10.1. The van der Waals surface area contributed by atoms with Crippen LogP contribution in [0, 0.1) is 0 Å². The second-order valence-electron chi connectivity index (χ2n) is 5.84. The number of aromatic hydroxyl groups is 1. The minimum Gasteiger partial charge on any atom is -0.508 e. The number of hydrogen-bond donors (Lipinski definition) is 3. The van der Waals surface area contributed by atoms with Gasteiger partial charge in [-0.1, -0.05) is 23.4 Å². The van der Waals surface area contributed by atoms with Gasteiger partial charge < -0.3 is 25.0 Å². The van der Waals surface area contributed by atoms with E-state index in [1.54, 1.807) is 30.1 Å². The molecule has 3 N–H and O–H groups in total. The number of phenols is 1. The van der Waals surface area contributed by atoms with Crippen molar-refractivity contribution in [2.75, 3.05) is 13.7 Å². The number of rotatable bonds is 7. The Kier molecular flexibility index (Phi) is 5.41. The Balaban J connectivity index is 1.61. The number of methoxy groups -OCH3 is 1. The van der Waals surface area contributed by atoms with Crippen molar-refractivity contribution in [1.82, 2.24) is 20.3 Å². The molecule has 0 radical (unpaired) electrons. The summed E-state index contributed by atoms with van der Waals surface area (Å²) >= 11 is 0. The van der Waals surface area contributed by atoms with Gasteiger partial charge in [0, 0.05) is 19.2 Å². The van der Waals surface area contributed by atoms with E-state index in [0.717, 1.165) is 11.3 Å². The summed E-state index contributed by atoms with van der Waals surface area (Å²) in [5, 5.41) is 31.3. The van der Waals surface area contributed by atoms with Gasteiger partial charge in [-0.05, 0) is 6.07 Å². The number of phenolic OH excluding ortho intramolecular Hbond substituents is 1. The molecule has 0 bridgehead atoms. The zero-order valence-electron chi connectivity index (χ0n) is 13.5. The Morgan fingerprint density at radius 3 is 3.04 bits per heavy atom. The zero-order valence-corrected chi connectivity index (χ0v) is 13.5. The fourth-order valence-electron chi connectivity index (χ4n) is 2.83. The Morgan fingerprint density at radius 1 is 1.42 bits per heavy atom. The third-order valence-corrected chi connectivity index (χ3v) is 4.06. The predicted molar refractivity (Wildman–Crippen MR) is 85.2 cm³/mol. The average molecular weight is 334 g/mol. The van der Waals surface area contributed by atoms with Gasteiger partial charge in [0.1, 0.15) is 11.4 Å². The van der Waals surface area contributed by atoms with Gasteiger partial charge in [0.25, 0.3) is 0 Å². The van der Waals surface area contributed by atoms with Gasteiger partial charge >= 0.3 is 0 Å². The molecule has 0 amide bonds. The van der Waals surface area contributed by atoms with E-state index >= 15 is 0 Å². The highest BCUT2D eigenvalue weighted by atomic mass is 16.5. The topological polar surface area (TPSA) is 102 Å². The number of nitrogens with zero attached hydrogens (tertiary/aromatic N) is 3. The van der Waals surface area contributed by atoms with Crippen molar-refractivity contribution in [1.29, 1.82) is 0 Å². The third-order valence-electron chi connectivity index (χ3n) is 4.06. The van der Waals surface area contributed by atoms with Crippen LogP contribution >= 0.6 is 0 Å². The molecule has 3 atom stereocenters. The molecule has 1 aromatic heterocycles. The molecule has 1 aromatic carbocycles. The van der Waals surface area contributed by atoms with E-state index in [1.807, 2.05) is 12.1 Å². The monoisotopic (exact) mass is 334 g/mol. The molecular formula is C16H22N4O4. The standard InChI is InChI=1S/C16H22N4O4/c1-23-9-12-7-20(19-18-12)8-15-16(14(22)10-24-15)17-6-11-4-2-3-5-13(11)21/h2-5,7,14-17,21-22H,6,8-10H2,1H3/t14-,15+,16+/m0/s1. The lowest BCUT2D eigenvalue weighted by Gasteiger charge is -2.22. The number of aliphatic hydroxyl groups excluding tert-OH is 1. The van der Waals surface area contributed by atoms with Crippen LogP contribution in [0.2, 0.25) is 0 Å². The van der Waals surface area contributed by atoms with E-state index in [4.69, 9.17) is 9.47 Å². The fraction of sp³-hybridized carbons (Fsp3) is 0.500. The quantitative estimate of drug-likeness (QED) is 0.657. The molecule has 0 aliphatic carbocycles. The maximum atomic E-state index is 10.2. The first-order chi connectivity index (χ1) is 11.7. The summed E-state index contributed by atoms with van der Waals surface area (Å²) in [6.45, 7) is 1.60. The number of benzene rings is 1. The highest BCUT2D eigenvalue weighted by Gasteiger charge is 2.36. The molecule has 0 saturated carbocycles. The van der Waals surface area contributed by atoms with Crippen molar-refractivity contribution >= 4 is 0 Å². The van der Waals surface area contributed by atoms with Gasteiger partial charge in [-0.2, -0.15) is 0 Å². The van der Waals surface area contributed by atoms with Crippen LogP contribution in [0.5, 0.6) is 5.75 Å². The number of aromatic nitrogens is 3. The number of hydrogen-bond acceptors (Lipinski definition) is 7. The summed E-state index contributed by atoms with van der Waals surface area (Å²) < 4.78 is 12.4. The van der Waals surface area contributed by atoms with Crippen LogP contribution in [0.1, 0.15) is 11.3 Å². The van der Waals surface area contributed by atoms with E-state index in [-0.39, 0.29) is 24.5 Å². The minimum atomic E-state index is -0.608. The van der Waals surface area contributed by atoms with Gasteiger partial charge in [0.2, 0.25) is 0 Å². The Bertz CT molecular complexity index is 663. The van der Waals surface area contributed by atoms with Gasteiger partial charge in [-0.15, -0.1) is 5.10 Å². The SMILES string of the molecule is COCc1cn(C[C@H]2OC[C@H](O)[C@H]2NCc2ccccc2O)nn1. The molecular weight excluding hydrogens is 312 g/mol. The summed E-state index contributed by atoms with van der Waals surface area (Å²) in [5.41, 5.74) is 1.52. The van der Waals surface area contributed by atoms with Crippen LogP contribution in [0.25, 0.3) is 0 Å². The Morgan fingerprint density at radius 2 is 2.25 bits per heavy atom. The van der Waals surface area contributed by atoms with E-state index in [9.17, 15) is 10.2 Å². The minimum absolute atomic E-state index is 0.232. The van der Waals surface area contributed by atoms with Crippen molar-refractivity contribution in [3.8, 4) is 5.75 Å². The average Bonchev–Trinajstić information content (AvgIpc) is 3.15. The zero-order chi connectivity index (χ0) is 16.9. The normalized spacial score (nSPS) is 23.7. The van der Waals surface area contributed by atoms with Crippen LogP contribution in [0.3, 0.4) is 0 Å². The van der Waals surface area contributed by atoms with Crippen molar-refractivity contribution in [2.24, 2.45) is 0 Å². The van der Waals surface area contributed by atoms with Crippen LogP contribution in [0.4, 0.5) is 0 Å². The van der Waals surface area contributed by atoms with Gasteiger partial charge in [-0.25, -0.2) is 4.68 Å². The molecule has 3 rings (SSSR count). The lowest BCUT2D eigenvalue weighted by molar-refractivity contribution is 0.0741. The molecule has 130 valence electrons. The molecule has 1 saturated heterocycles. The number of nitrogens with one attached hydrogen (secondary N) is 1. The molecule has 0 unspecified atom stereocenters. The van der Waals surface area contributed by atoms with Crippen molar-refractivity contribution in [3.05, 3.63) is 41.7 Å². The molecule has 24 heavy (non-hydrogen) atoms. The molecule has 8 heteroatoms. The van der Waals surface area contributed by atoms with Gasteiger partial charge in [-0.3, -0.25) is 0 Å². The lowest BCUT2D eigenvalue weighted by Crippen LogP contribution is -2.45. The predicted octanol–water partition coefficient (Wildman–Crippen LogP) is 0.0482. The van der Waals surface area contributed by atoms with Crippen LogP contribution in [0.15, 0.2) is 30.5 Å². The second-order valence-corrected chi connectivity index (χ2v) is 5.84. The summed E-state index contributed by atoms with van der Waals surface area (Å²) in [7, 11) is 1.61. The van der Waals surface area contributed by atoms with Gasteiger partial charge in [0.15, 0.2) is 0 Å². The van der Waals surface area contributed by atoms with E-state index < -0.39 is 6.10 Å². The molecule has 2 aromatic rings. The summed E-state index contributed by atoms with van der Waals surface area (Å²) in [6.07, 6.45) is 0.961. The summed E-state index contributed by atoms with van der Waals surface area (Å²) in [6, 6.07) is 6.87. The molecule has 1 aliphatic rings. The van der Waals surface area contributed by atoms with Crippen molar-refractivity contribution in [2.45, 2.75) is 37.9 Å². The Hall–Kier alpha value is -2.00. The number of para-hydroxylation sites is 1. The summed E-state index contributed by atoms with van der Waals surface area (Å²) in [4.78, 5) is 0. The van der Waals surface area contributed by atoms with Gasteiger partial charge in [0.05, 0.1) is 44.2 Å². The maximum Gasteiger partial charge on any atom is 0.120 e. The van der Waals surface area contributed by atoms with E-state index in [2.05, 4.69) is 15.6 Å². The first kappa shape index (κ1) is 16.8. The smallest absolute Gasteiger partial charge is 0.120 e. The first-order valence-corrected chi connectivity index (χ1v) is 7.85. The molecule has 1 fully saturated rings. The summed E-state index contributed by atoms with van der Waals surface area (Å²) in [5.74, 6) is 0.232. The van der Waals surface area contributed by atoms with Crippen molar-refractivity contribution < 1.29 is 19.7 Å². The number of ether oxygens (including phenoxy) is 2. The number of aliphatic hydroxyl groups is 1. The highest BCUT2D eigenvalue weighted by molar-refractivity contribution is 5.31. The van der Waals surface area contributed by atoms with Crippen LogP contribution in [-0.2, 0) is 29.2 Å². The largest absolute Gasteiger partial charge is 0.508 e. The Labute approximate surface area is 140 Å². The first-order valence-electron chi connectivity index (χ1n) is 7.85. The van der Waals surface area contributed by atoms with Crippen LogP contribution < -0.4 is 5.32 Å². The molecule has 8 nitrogen and oxygen atoms in total. The van der Waals surface area contributed by atoms with Crippen LogP contribution in [-0.4, -0.2) is 57.2 Å². The van der Waals surface area contributed by atoms with E-state index in [0.29, 0.717) is 19.7 Å². The van der Waals surface area contributed by atoms with E-state index in [1.165, 1.54) is 0 Å². The highest BCUT2D eigenvalue weighted by Crippen LogP contribution is 2.19.